The molecule has 0 heterocycles. The van der Waals surface area contributed by atoms with E-state index in [0.29, 0.717) is 17.9 Å². The molecule has 0 aromatic heterocycles. The van der Waals surface area contributed by atoms with Crippen molar-refractivity contribution in [1.82, 2.24) is 4.90 Å². The fourth-order valence-corrected chi connectivity index (χ4v) is 2.19. The summed E-state index contributed by atoms with van der Waals surface area (Å²) in [5.74, 6) is 0.500. The van der Waals surface area contributed by atoms with Gasteiger partial charge in [0.15, 0.2) is 5.78 Å². The lowest BCUT2D eigenvalue weighted by atomic mass is 10.1. The van der Waals surface area contributed by atoms with Crippen LogP contribution in [-0.2, 0) is 0 Å². The van der Waals surface area contributed by atoms with Gasteiger partial charge >= 0.3 is 0 Å². The number of nitrogens with zero attached hydrogens (tertiary/aromatic N) is 1. The summed E-state index contributed by atoms with van der Waals surface area (Å²) in [6.07, 6.45) is 2.58. The lowest BCUT2D eigenvalue weighted by molar-refractivity contribution is 0.0974. The molecule has 0 amide bonds. The van der Waals surface area contributed by atoms with Crippen molar-refractivity contribution in [2.45, 2.75) is 40.0 Å². The Morgan fingerprint density at radius 3 is 2.45 bits per heavy atom. The first kappa shape index (κ1) is 16.8. The van der Waals surface area contributed by atoms with Crippen molar-refractivity contribution in [3.8, 4) is 0 Å². The highest BCUT2D eigenvalue weighted by Crippen LogP contribution is 2.09. The molecular weight excluding hydrogens is 253 g/mol. The second kappa shape index (κ2) is 8.85. The minimum atomic E-state index is -0.299. The lowest BCUT2D eigenvalue weighted by Crippen LogP contribution is -2.29. The molecule has 1 atom stereocenters. The molecule has 0 spiro atoms. The quantitative estimate of drug-likeness (QED) is 0.633. The number of hydrogen-bond donors (Lipinski definition) is 0. The SMILES string of the molecule is CCC(C)CN(CC)CCCC(=O)c1ccc(F)cc1. The van der Waals surface area contributed by atoms with E-state index in [-0.39, 0.29) is 11.6 Å². The van der Waals surface area contributed by atoms with Gasteiger partial charge < -0.3 is 4.90 Å². The van der Waals surface area contributed by atoms with Crippen LogP contribution in [-0.4, -0.2) is 30.3 Å². The maximum absolute atomic E-state index is 12.8. The van der Waals surface area contributed by atoms with Gasteiger partial charge in [-0.25, -0.2) is 4.39 Å². The second-order valence-corrected chi connectivity index (χ2v) is 5.44. The van der Waals surface area contributed by atoms with E-state index in [4.69, 9.17) is 0 Å². The number of halogens is 1. The Hall–Kier alpha value is -1.22. The maximum atomic E-state index is 12.8. The van der Waals surface area contributed by atoms with Gasteiger partial charge in [-0.1, -0.05) is 27.2 Å². The number of carbonyl (C=O) groups excluding carboxylic acids is 1. The molecule has 0 radical (unpaired) electrons. The summed E-state index contributed by atoms with van der Waals surface area (Å²) in [7, 11) is 0. The molecule has 0 aliphatic rings. The van der Waals surface area contributed by atoms with E-state index in [0.717, 1.165) is 26.1 Å². The van der Waals surface area contributed by atoms with Gasteiger partial charge in [0.25, 0.3) is 0 Å². The highest BCUT2D eigenvalue weighted by molar-refractivity contribution is 5.95. The van der Waals surface area contributed by atoms with E-state index < -0.39 is 0 Å². The fourth-order valence-electron chi connectivity index (χ4n) is 2.19. The van der Waals surface area contributed by atoms with Crippen molar-refractivity contribution in [3.63, 3.8) is 0 Å². The zero-order valence-corrected chi connectivity index (χ0v) is 12.9. The normalized spacial score (nSPS) is 12.7. The predicted molar refractivity (Wildman–Crippen MR) is 81.5 cm³/mol. The smallest absolute Gasteiger partial charge is 0.162 e. The summed E-state index contributed by atoms with van der Waals surface area (Å²) < 4.78 is 12.8. The number of Topliss-reactive ketones (excluding diaryl/α,β-unsaturated/α-hetero) is 1. The molecule has 0 aliphatic heterocycles. The van der Waals surface area contributed by atoms with E-state index in [1.54, 1.807) is 12.1 Å². The molecule has 0 saturated heterocycles. The molecule has 3 heteroatoms. The Labute approximate surface area is 122 Å². The minimum Gasteiger partial charge on any atom is -0.303 e. The number of ketones is 1. The Balaban J connectivity index is 2.35. The van der Waals surface area contributed by atoms with Crippen LogP contribution < -0.4 is 0 Å². The van der Waals surface area contributed by atoms with Crippen molar-refractivity contribution in [1.29, 1.82) is 0 Å². The van der Waals surface area contributed by atoms with Gasteiger partial charge in [0.05, 0.1) is 0 Å². The van der Waals surface area contributed by atoms with E-state index in [1.807, 2.05) is 0 Å². The maximum Gasteiger partial charge on any atom is 0.162 e. The molecule has 1 aromatic rings. The molecule has 0 bridgehead atoms. The van der Waals surface area contributed by atoms with Crippen molar-refractivity contribution in [2.24, 2.45) is 5.92 Å². The van der Waals surface area contributed by atoms with Crippen LogP contribution in [0.1, 0.15) is 50.4 Å². The third-order valence-electron chi connectivity index (χ3n) is 3.76. The largest absolute Gasteiger partial charge is 0.303 e. The zero-order chi connectivity index (χ0) is 15.0. The molecule has 2 nitrogen and oxygen atoms in total. The molecule has 112 valence electrons. The first-order valence-corrected chi connectivity index (χ1v) is 7.57. The molecule has 0 fully saturated rings. The van der Waals surface area contributed by atoms with Crippen LogP contribution in [0.2, 0.25) is 0 Å². The average Bonchev–Trinajstić information content (AvgIpc) is 2.46. The van der Waals surface area contributed by atoms with Crippen LogP contribution >= 0.6 is 0 Å². The highest BCUT2D eigenvalue weighted by atomic mass is 19.1. The predicted octanol–water partition coefficient (Wildman–Crippen LogP) is 4.16. The Bertz CT molecular complexity index is 402. The van der Waals surface area contributed by atoms with Gasteiger partial charge in [0.2, 0.25) is 0 Å². The van der Waals surface area contributed by atoms with Gasteiger partial charge in [-0.05, 0) is 49.7 Å². The second-order valence-electron chi connectivity index (χ2n) is 5.44. The van der Waals surface area contributed by atoms with Gasteiger partial charge in [-0.15, -0.1) is 0 Å². The van der Waals surface area contributed by atoms with Crippen molar-refractivity contribution in [2.75, 3.05) is 19.6 Å². The molecule has 1 aromatic carbocycles. The lowest BCUT2D eigenvalue weighted by Gasteiger charge is -2.23. The van der Waals surface area contributed by atoms with Gasteiger partial charge in [-0.2, -0.15) is 0 Å². The Kier molecular flexibility index (Phi) is 7.45. The standard InChI is InChI=1S/C17H26FNO/c1-4-14(3)13-19(5-2)12-6-7-17(20)15-8-10-16(18)11-9-15/h8-11,14H,4-7,12-13H2,1-3H3. The molecule has 1 rings (SSSR count). The number of hydrogen-bond acceptors (Lipinski definition) is 2. The van der Waals surface area contributed by atoms with Crippen LogP contribution in [0.4, 0.5) is 4.39 Å². The first-order chi connectivity index (χ1) is 9.56. The van der Waals surface area contributed by atoms with Gasteiger partial charge in [0, 0.05) is 18.5 Å². The Morgan fingerprint density at radius 2 is 1.90 bits per heavy atom. The summed E-state index contributed by atoms with van der Waals surface area (Å²) in [5, 5.41) is 0. The Morgan fingerprint density at radius 1 is 1.25 bits per heavy atom. The van der Waals surface area contributed by atoms with Crippen LogP contribution in [0.15, 0.2) is 24.3 Å². The summed E-state index contributed by atoms with van der Waals surface area (Å²) in [6, 6.07) is 5.81. The van der Waals surface area contributed by atoms with Crippen LogP contribution in [0.25, 0.3) is 0 Å². The molecule has 0 N–H and O–H groups in total. The zero-order valence-electron chi connectivity index (χ0n) is 12.9. The van der Waals surface area contributed by atoms with Crippen LogP contribution in [0.3, 0.4) is 0 Å². The van der Waals surface area contributed by atoms with Crippen LogP contribution in [0, 0.1) is 11.7 Å². The molecule has 0 saturated carbocycles. The number of benzene rings is 1. The minimum absolute atomic E-state index is 0.101. The van der Waals surface area contributed by atoms with E-state index in [2.05, 4.69) is 25.7 Å². The topological polar surface area (TPSA) is 20.3 Å². The molecule has 0 aliphatic carbocycles. The first-order valence-electron chi connectivity index (χ1n) is 7.57. The molecule has 1 unspecified atom stereocenters. The van der Waals surface area contributed by atoms with Crippen molar-refractivity contribution < 1.29 is 9.18 Å². The van der Waals surface area contributed by atoms with Crippen molar-refractivity contribution >= 4 is 5.78 Å². The summed E-state index contributed by atoms with van der Waals surface area (Å²) in [6.45, 7) is 9.69. The summed E-state index contributed by atoms with van der Waals surface area (Å²) in [4.78, 5) is 14.4. The van der Waals surface area contributed by atoms with Crippen molar-refractivity contribution in [3.05, 3.63) is 35.6 Å². The average molecular weight is 279 g/mol. The number of carbonyl (C=O) groups is 1. The number of rotatable bonds is 9. The van der Waals surface area contributed by atoms with E-state index in [1.165, 1.54) is 18.6 Å². The monoisotopic (exact) mass is 279 g/mol. The van der Waals surface area contributed by atoms with Gasteiger partial charge in [-0.3, -0.25) is 4.79 Å². The van der Waals surface area contributed by atoms with Crippen LogP contribution in [0.5, 0.6) is 0 Å². The third kappa shape index (κ3) is 5.83. The highest BCUT2D eigenvalue weighted by Gasteiger charge is 2.09. The third-order valence-corrected chi connectivity index (χ3v) is 3.76. The molecule has 20 heavy (non-hydrogen) atoms. The summed E-state index contributed by atoms with van der Waals surface area (Å²) >= 11 is 0. The molecular formula is C17H26FNO. The summed E-state index contributed by atoms with van der Waals surface area (Å²) in [5.41, 5.74) is 0.608. The van der Waals surface area contributed by atoms with Gasteiger partial charge in [0.1, 0.15) is 5.82 Å². The fraction of sp³-hybridized carbons (Fsp3) is 0.588. The van der Waals surface area contributed by atoms with E-state index in [9.17, 15) is 9.18 Å². The van der Waals surface area contributed by atoms with E-state index >= 15 is 0 Å².